The van der Waals surface area contributed by atoms with Gasteiger partial charge >= 0.3 is 0 Å². The molecular formula is C17H20N2O2S. The van der Waals surface area contributed by atoms with E-state index in [0.717, 1.165) is 26.1 Å². The highest BCUT2D eigenvalue weighted by atomic mass is 32.1. The van der Waals surface area contributed by atoms with Crippen LogP contribution in [0.4, 0.5) is 0 Å². The van der Waals surface area contributed by atoms with Crippen molar-refractivity contribution < 1.29 is 9.53 Å². The van der Waals surface area contributed by atoms with Gasteiger partial charge in [-0.05, 0) is 30.4 Å². The van der Waals surface area contributed by atoms with Gasteiger partial charge in [0.25, 0.3) is 0 Å². The molecule has 4 nitrogen and oxygen atoms in total. The number of nitrogens with zero attached hydrogens (tertiary/aromatic N) is 1. The van der Waals surface area contributed by atoms with Crippen molar-refractivity contribution in [1.29, 1.82) is 0 Å². The van der Waals surface area contributed by atoms with Gasteiger partial charge in [-0.3, -0.25) is 9.69 Å². The number of morpholine rings is 1. The quantitative estimate of drug-likeness (QED) is 0.924. The molecule has 1 aromatic carbocycles. The average Bonchev–Trinajstić information content (AvgIpc) is 3.06. The van der Waals surface area contributed by atoms with Crippen LogP contribution in [-0.2, 0) is 16.1 Å². The minimum Gasteiger partial charge on any atom is -0.362 e. The van der Waals surface area contributed by atoms with Crippen LogP contribution in [0, 0.1) is 6.92 Å². The molecule has 0 bridgehead atoms. The van der Waals surface area contributed by atoms with Crippen molar-refractivity contribution in [2.75, 3.05) is 26.2 Å². The molecule has 22 heavy (non-hydrogen) atoms. The number of carbonyl (C=O) groups is 1. The number of nitrogens with one attached hydrogen (secondary N) is 1. The van der Waals surface area contributed by atoms with Crippen LogP contribution in [-0.4, -0.2) is 42.6 Å². The molecular weight excluding hydrogens is 296 g/mol. The summed E-state index contributed by atoms with van der Waals surface area (Å²) < 4.78 is 7.22. The summed E-state index contributed by atoms with van der Waals surface area (Å²) in [5.41, 5.74) is 1.27. The molecule has 0 radical (unpaired) electrons. The second-order valence-electron chi connectivity index (χ2n) is 6.34. The van der Waals surface area contributed by atoms with Gasteiger partial charge in [0.15, 0.2) is 0 Å². The zero-order valence-electron chi connectivity index (χ0n) is 12.7. The molecule has 2 aromatic rings. The van der Waals surface area contributed by atoms with Gasteiger partial charge in [0, 0.05) is 35.8 Å². The largest absolute Gasteiger partial charge is 0.362 e. The number of aryl methyl sites for hydroxylation is 1. The summed E-state index contributed by atoms with van der Waals surface area (Å²) in [5, 5.41) is 4.33. The van der Waals surface area contributed by atoms with Crippen molar-refractivity contribution in [3.8, 4) is 0 Å². The first-order chi connectivity index (χ1) is 10.7. The van der Waals surface area contributed by atoms with E-state index in [1.165, 1.54) is 20.5 Å². The number of hydrogen-bond donors (Lipinski definition) is 1. The highest BCUT2D eigenvalue weighted by Gasteiger charge is 2.42. The molecule has 1 N–H and O–H groups in total. The summed E-state index contributed by atoms with van der Waals surface area (Å²) in [6, 6.07) is 8.63. The lowest BCUT2D eigenvalue weighted by atomic mass is 10.0. The second kappa shape index (κ2) is 5.33. The maximum absolute atomic E-state index is 11.3. The van der Waals surface area contributed by atoms with Gasteiger partial charge in [0.1, 0.15) is 6.61 Å². The normalized spacial score (nSPS) is 26.0. The third-order valence-electron chi connectivity index (χ3n) is 4.79. The molecule has 2 aliphatic rings. The third-order valence-corrected chi connectivity index (χ3v) is 5.92. The fourth-order valence-electron chi connectivity index (χ4n) is 3.55. The topological polar surface area (TPSA) is 41.6 Å². The zero-order chi connectivity index (χ0) is 15.2. The summed E-state index contributed by atoms with van der Waals surface area (Å²) >= 11 is 1.87. The maximum atomic E-state index is 11.3. The van der Waals surface area contributed by atoms with Crippen molar-refractivity contribution in [3.63, 3.8) is 0 Å². The lowest BCUT2D eigenvalue weighted by Crippen LogP contribution is -2.53. The van der Waals surface area contributed by atoms with Crippen LogP contribution in [0.15, 0.2) is 24.3 Å². The van der Waals surface area contributed by atoms with Gasteiger partial charge in [-0.15, -0.1) is 11.3 Å². The van der Waals surface area contributed by atoms with Gasteiger partial charge < -0.3 is 10.1 Å². The Hall–Kier alpha value is -1.43. The Bertz CT molecular complexity index is 715. The molecule has 1 atom stereocenters. The summed E-state index contributed by atoms with van der Waals surface area (Å²) in [6.45, 7) is 5.95. The zero-order valence-corrected chi connectivity index (χ0v) is 13.5. The number of amides is 1. The van der Waals surface area contributed by atoms with E-state index < -0.39 is 0 Å². The Morgan fingerprint density at radius 1 is 1.41 bits per heavy atom. The Morgan fingerprint density at radius 2 is 2.27 bits per heavy atom. The average molecular weight is 316 g/mol. The molecule has 1 spiro atoms. The van der Waals surface area contributed by atoms with Crippen LogP contribution >= 0.6 is 11.3 Å². The predicted octanol–water partition coefficient (Wildman–Crippen LogP) is 2.30. The maximum Gasteiger partial charge on any atom is 0.246 e. The fourth-order valence-corrected chi connectivity index (χ4v) is 4.62. The number of thiophene rings is 1. The van der Waals surface area contributed by atoms with E-state index in [9.17, 15) is 4.79 Å². The van der Waals surface area contributed by atoms with Crippen LogP contribution in [0.5, 0.6) is 0 Å². The molecule has 1 unspecified atom stereocenters. The van der Waals surface area contributed by atoms with Gasteiger partial charge in [0.05, 0.1) is 5.60 Å². The van der Waals surface area contributed by atoms with Crippen molar-refractivity contribution >= 4 is 27.3 Å². The predicted molar refractivity (Wildman–Crippen MR) is 88.1 cm³/mol. The number of likely N-dealkylation sites (tertiary alicyclic amines) is 1. The molecule has 0 saturated carbocycles. The van der Waals surface area contributed by atoms with E-state index in [1.54, 1.807) is 0 Å². The Balaban J connectivity index is 1.52. The third kappa shape index (κ3) is 2.43. The Morgan fingerprint density at radius 3 is 3.09 bits per heavy atom. The van der Waals surface area contributed by atoms with Crippen molar-refractivity contribution in [2.45, 2.75) is 25.5 Å². The molecule has 2 aliphatic heterocycles. The second-order valence-corrected chi connectivity index (χ2v) is 7.60. The SMILES string of the molecule is Cc1sc2ccccc2c1CN1CCC2(CNC(=O)CO2)C1. The molecule has 1 amide bonds. The first kappa shape index (κ1) is 14.2. The summed E-state index contributed by atoms with van der Waals surface area (Å²) in [7, 11) is 0. The monoisotopic (exact) mass is 316 g/mol. The molecule has 116 valence electrons. The number of carbonyl (C=O) groups excluding carboxylic acids is 1. The lowest BCUT2D eigenvalue weighted by molar-refractivity contribution is -0.142. The minimum atomic E-state index is -0.173. The fraction of sp³-hybridized carbons (Fsp3) is 0.471. The Kier molecular flexibility index (Phi) is 3.44. The van der Waals surface area contributed by atoms with Gasteiger partial charge in [0.2, 0.25) is 5.91 Å². The van der Waals surface area contributed by atoms with Crippen LogP contribution < -0.4 is 5.32 Å². The first-order valence-corrected chi connectivity index (χ1v) is 8.57. The highest BCUT2D eigenvalue weighted by Crippen LogP contribution is 2.34. The highest BCUT2D eigenvalue weighted by molar-refractivity contribution is 7.19. The number of rotatable bonds is 2. The van der Waals surface area contributed by atoms with Crippen LogP contribution in [0.25, 0.3) is 10.1 Å². The smallest absolute Gasteiger partial charge is 0.246 e. The molecule has 4 rings (SSSR count). The van der Waals surface area contributed by atoms with Gasteiger partial charge in [-0.2, -0.15) is 0 Å². The summed E-state index contributed by atoms with van der Waals surface area (Å²) in [5.74, 6) is 0.00347. The molecule has 2 fully saturated rings. The Labute approximate surface area is 134 Å². The number of fused-ring (bicyclic) bond motifs is 1. The lowest BCUT2D eigenvalue weighted by Gasteiger charge is -2.33. The molecule has 5 heteroatoms. The van der Waals surface area contributed by atoms with Crippen LogP contribution in [0.3, 0.4) is 0 Å². The summed E-state index contributed by atoms with van der Waals surface area (Å²) in [6.07, 6.45) is 0.994. The van der Waals surface area contributed by atoms with E-state index in [4.69, 9.17) is 4.74 Å². The van der Waals surface area contributed by atoms with E-state index in [2.05, 4.69) is 41.4 Å². The van der Waals surface area contributed by atoms with Crippen LogP contribution in [0.2, 0.25) is 0 Å². The standard InChI is InChI=1S/C17H20N2O2S/c1-12-14(13-4-2-3-5-15(13)22-12)8-19-7-6-17(11-19)10-18-16(20)9-21-17/h2-5H,6-11H2,1H3,(H,18,20). The van der Waals surface area contributed by atoms with E-state index >= 15 is 0 Å². The van der Waals surface area contributed by atoms with Crippen molar-refractivity contribution in [2.24, 2.45) is 0 Å². The first-order valence-electron chi connectivity index (χ1n) is 7.75. The van der Waals surface area contributed by atoms with E-state index in [1.807, 2.05) is 11.3 Å². The van der Waals surface area contributed by atoms with Crippen molar-refractivity contribution in [1.82, 2.24) is 10.2 Å². The molecule has 0 aliphatic carbocycles. The number of benzene rings is 1. The van der Waals surface area contributed by atoms with Crippen molar-refractivity contribution in [3.05, 3.63) is 34.7 Å². The number of ether oxygens (including phenoxy) is 1. The van der Waals surface area contributed by atoms with E-state index in [-0.39, 0.29) is 18.1 Å². The van der Waals surface area contributed by atoms with E-state index in [0.29, 0.717) is 6.54 Å². The summed E-state index contributed by atoms with van der Waals surface area (Å²) in [4.78, 5) is 15.1. The van der Waals surface area contributed by atoms with Gasteiger partial charge in [-0.1, -0.05) is 18.2 Å². The molecule has 1 aromatic heterocycles. The molecule has 2 saturated heterocycles. The number of hydrogen-bond acceptors (Lipinski definition) is 4. The minimum absolute atomic E-state index is 0.00347. The molecule has 3 heterocycles. The van der Waals surface area contributed by atoms with Gasteiger partial charge in [-0.25, -0.2) is 0 Å². The van der Waals surface area contributed by atoms with Crippen LogP contribution in [0.1, 0.15) is 16.9 Å².